The van der Waals surface area contributed by atoms with Gasteiger partial charge in [0.1, 0.15) is 5.75 Å². The third-order valence-electron chi connectivity index (χ3n) is 5.09. The Labute approximate surface area is 160 Å². The minimum atomic E-state index is -0.292. The molecule has 2 amide bonds. The lowest BCUT2D eigenvalue weighted by Gasteiger charge is -2.32. The summed E-state index contributed by atoms with van der Waals surface area (Å²) in [6.45, 7) is 1.52. The highest BCUT2D eigenvalue weighted by atomic mass is 16.5. The number of amides is 2. The van der Waals surface area contributed by atoms with Gasteiger partial charge in [-0.3, -0.25) is 9.59 Å². The molecule has 3 rings (SSSR count). The molecule has 1 saturated heterocycles. The van der Waals surface area contributed by atoms with Crippen LogP contribution >= 0.6 is 0 Å². The molecule has 142 valence electrons. The van der Waals surface area contributed by atoms with Gasteiger partial charge >= 0.3 is 0 Å². The first kappa shape index (κ1) is 19.0. The van der Waals surface area contributed by atoms with Crippen LogP contribution in [-0.4, -0.2) is 43.5 Å². The Morgan fingerprint density at radius 1 is 1.04 bits per heavy atom. The van der Waals surface area contributed by atoms with Gasteiger partial charge in [0, 0.05) is 13.1 Å². The van der Waals surface area contributed by atoms with Gasteiger partial charge in [-0.2, -0.15) is 0 Å². The number of piperidine rings is 1. The van der Waals surface area contributed by atoms with Crippen molar-refractivity contribution in [2.45, 2.75) is 19.3 Å². The molecule has 1 N–H and O–H groups in total. The van der Waals surface area contributed by atoms with Crippen molar-refractivity contribution in [3.63, 3.8) is 0 Å². The quantitative estimate of drug-likeness (QED) is 0.855. The maximum absolute atomic E-state index is 12.4. The monoisotopic (exact) mass is 366 g/mol. The molecule has 0 atom stereocenters. The summed E-state index contributed by atoms with van der Waals surface area (Å²) in [5.41, 5.74) is 1.79. The molecule has 27 heavy (non-hydrogen) atoms. The van der Waals surface area contributed by atoms with Gasteiger partial charge in [0.15, 0.2) is 0 Å². The predicted octanol–water partition coefficient (Wildman–Crippen LogP) is 2.91. The van der Waals surface area contributed by atoms with Gasteiger partial charge in [-0.15, -0.1) is 0 Å². The van der Waals surface area contributed by atoms with Crippen LogP contribution in [0.2, 0.25) is 0 Å². The highest BCUT2D eigenvalue weighted by Gasteiger charge is 2.23. The van der Waals surface area contributed by atoms with Crippen LogP contribution in [0.5, 0.6) is 5.75 Å². The van der Waals surface area contributed by atoms with Crippen LogP contribution in [0.25, 0.3) is 0 Å². The molecule has 0 aromatic heterocycles. The fourth-order valence-electron chi connectivity index (χ4n) is 3.53. The largest absolute Gasteiger partial charge is 0.496 e. The van der Waals surface area contributed by atoms with Crippen molar-refractivity contribution >= 4 is 11.8 Å². The molecule has 1 fully saturated rings. The number of para-hydroxylation sites is 1. The Morgan fingerprint density at radius 2 is 1.70 bits per heavy atom. The molecule has 0 radical (unpaired) electrons. The van der Waals surface area contributed by atoms with Gasteiger partial charge in [-0.05, 0) is 42.9 Å². The fraction of sp³-hybridized carbons (Fsp3) is 0.364. The molecule has 5 heteroatoms. The van der Waals surface area contributed by atoms with Crippen LogP contribution in [0.1, 0.15) is 28.8 Å². The van der Waals surface area contributed by atoms with Crippen LogP contribution in [-0.2, 0) is 11.2 Å². The Hall–Kier alpha value is -2.82. The Bertz CT molecular complexity index is 768. The van der Waals surface area contributed by atoms with Gasteiger partial charge in [0.25, 0.3) is 5.91 Å². The molecule has 1 aliphatic rings. The van der Waals surface area contributed by atoms with Crippen LogP contribution < -0.4 is 10.1 Å². The van der Waals surface area contributed by atoms with Crippen molar-refractivity contribution in [3.05, 3.63) is 65.7 Å². The zero-order valence-electron chi connectivity index (χ0n) is 15.7. The first-order valence-corrected chi connectivity index (χ1v) is 9.40. The third kappa shape index (κ3) is 5.09. The number of hydrogen-bond donors (Lipinski definition) is 1. The van der Waals surface area contributed by atoms with E-state index in [2.05, 4.69) is 29.6 Å². The zero-order chi connectivity index (χ0) is 19.1. The summed E-state index contributed by atoms with van der Waals surface area (Å²) in [6.07, 6.45) is 3.07. The van der Waals surface area contributed by atoms with Crippen molar-refractivity contribution in [3.8, 4) is 5.75 Å². The molecule has 0 bridgehead atoms. The second kappa shape index (κ2) is 9.21. The summed E-state index contributed by atoms with van der Waals surface area (Å²) >= 11 is 0. The molecule has 1 aliphatic heterocycles. The summed E-state index contributed by atoms with van der Waals surface area (Å²) in [5.74, 6) is 0.792. The SMILES string of the molecule is COc1ccccc1C(=O)NCC(=O)N1CCC(Cc2ccccc2)CC1. The number of carbonyl (C=O) groups excluding carboxylic acids is 2. The standard InChI is InChI=1S/C22H26N2O3/c1-27-20-10-6-5-9-19(20)22(26)23-16-21(25)24-13-11-18(12-14-24)15-17-7-3-2-4-8-17/h2-10,18H,11-16H2,1H3,(H,23,26). The van der Waals surface area contributed by atoms with E-state index in [0.29, 0.717) is 17.2 Å². The van der Waals surface area contributed by atoms with Crippen LogP contribution in [0, 0.1) is 5.92 Å². The van der Waals surface area contributed by atoms with Gasteiger partial charge in [-0.1, -0.05) is 42.5 Å². The van der Waals surface area contributed by atoms with E-state index in [9.17, 15) is 9.59 Å². The summed E-state index contributed by atoms with van der Waals surface area (Å²) in [5, 5.41) is 2.71. The second-order valence-corrected chi connectivity index (χ2v) is 6.90. The molecule has 1 heterocycles. The molecule has 5 nitrogen and oxygen atoms in total. The van der Waals surface area contributed by atoms with E-state index in [-0.39, 0.29) is 18.4 Å². The average molecular weight is 366 g/mol. The summed E-state index contributed by atoms with van der Waals surface area (Å²) < 4.78 is 5.19. The number of rotatable bonds is 6. The molecule has 0 saturated carbocycles. The topological polar surface area (TPSA) is 58.6 Å². The number of methoxy groups -OCH3 is 1. The van der Waals surface area contributed by atoms with E-state index in [1.807, 2.05) is 11.0 Å². The van der Waals surface area contributed by atoms with E-state index in [0.717, 1.165) is 32.4 Å². The Balaban J connectivity index is 1.45. The maximum atomic E-state index is 12.4. The number of likely N-dealkylation sites (tertiary alicyclic amines) is 1. The first-order chi connectivity index (χ1) is 13.2. The number of nitrogens with zero attached hydrogens (tertiary/aromatic N) is 1. The fourth-order valence-corrected chi connectivity index (χ4v) is 3.53. The van der Waals surface area contributed by atoms with Crippen LogP contribution in [0.15, 0.2) is 54.6 Å². The van der Waals surface area contributed by atoms with Crippen LogP contribution in [0.3, 0.4) is 0 Å². The minimum Gasteiger partial charge on any atom is -0.496 e. The predicted molar refractivity (Wildman–Crippen MR) is 105 cm³/mol. The van der Waals surface area contributed by atoms with E-state index < -0.39 is 0 Å². The van der Waals surface area contributed by atoms with Crippen molar-refractivity contribution in [1.29, 1.82) is 0 Å². The summed E-state index contributed by atoms with van der Waals surface area (Å²) in [7, 11) is 1.52. The maximum Gasteiger partial charge on any atom is 0.255 e. The highest BCUT2D eigenvalue weighted by molar-refractivity contribution is 5.98. The normalized spacial score (nSPS) is 14.6. The van der Waals surface area contributed by atoms with Gasteiger partial charge in [0.05, 0.1) is 19.2 Å². The number of benzene rings is 2. The first-order valence-electron chi connectivity index (χ1n) is 9.40. The Kier molecular flexibility index (Phi) is 6.47. The summed E-state index contributed by atoms with van der Waals surface area (Å²) in [6, 6.07) is 17.5. The molecule has 0 spiro atoms. The van der Waals surface area contributed by atoms with Crippen LogP contribution in [0.4, 0.5) is 0 Å². The smallest absolute Gasteiger partial charge is 0.255 e. The van der Waals surface area contributed by atoms with Gasteiger partial charge in [-0.25, -0.2) is 0 Å². The lowest BCUT2D eigenvalue weighted by Crippen LogP contribution is -2.44. The molecule has 2 aromatic rings. The van der Waals surface area contributed by atoms with Crippen molar-refractivity contribution in [2.24, 2.45) is 5.92 Å². The molecular formula is C22H26N2O3. The lowest BCUT2D eigenvalue weighted by molar-refractivity contribution is -0.131. The molecule has 2 aromatic carbocycles. The van der Waals surface area contributed by atoms with E-state index in [1.165, 1.54) is 12.7 Å². The van der Waals surface area contributed by atoms with E-state index in [1.54, 1.807) is 24.3 Å². The van der Waals surface area contributed by atoms with E-state index >= 15 is 0 Å². The number of ether oxygens (including phenoxy) is 1. The lowest BCUT2D eigenvalue weighted by atomic mass is 9.90. The number of carbonyl (C=O) groups is 2. The average Bonchev–Trinajstić information content (AvgIpc) is 2.73. The number of nitrogens with one attached hydrogen (secondary N) is 1. The summed E-state index contributed by atoms with van der Waals surface area (Å²) in [4.78, 5) is 26.6. The number of hydrogen-bond acceptors (Lipinski definition) is 3. The minimum absolute atomic E-state index is 0.0141. The Morgan fingerprint density at radius 3 is 2.41 bits per heavy atom. The van der Waals surface area contributed by atoms with Crippen molar-refractivity contribution in [2.75, 3.05) is 26.7 Å². The van der Waals surface area contributed by atoms with Crippen molar-refractivity contribution < 1.29 is 14.3 Å². The van der Waals surface area contributed by atoms with E-state index in [4.69, 9.17) is 4.74 Å². The second-order valence-electron chi connectivity index (χ2n) is 6.90. The third-order valence-corrected chi connectivity index (χ3v) is 5.09. The molecular weight excluding hydrogens is 340 g/mol. The van der Waals surface area contributed by atoms with Gasteiger partial charge in [0.2, 0.25) is 5.91 Å². The highest BCUT2D eigenvalue weighted by Crippen LogP contribution is 2.22. The molecule has 0 aliphatic carbocycles. The molecule has 0 unspecified atom stereocenters. The van der Waals surface area contributed by atoms with Gasteiger partial charge < -0.3 is 15.0 Å². The zero-order valence-corrected chi connectivity index (χ0v) is 15.7. The van der Waals surface area contributed by atoms with Crippen molar-refractivity contribution in [1.82, 2.24) is 10.2 Å².